The Hall–Kier alpha value is 0.0400. The highest BCUT2D eigenvalue weighted by Gasteiger charge is 2.29. The third-order valence-corrected chi connectivity index (χ3v) is 5.85. The summed E-state index contributed by atoms with van der Waals surface area (Å²) in [5.41, 5.74) is 5.82. The Balaban J connectivity index is 0.00000484. The minimum atomic E-state index is -3.58. The van der Waals surface area contributed by atoms with Gasteiger partial charge in [0.1, 0.15) is 0 Å². The molecule has 0 aromatic heterocycles. The van der Waals surface area contributed by atoms with Gasteiger partial charge in [0.25, 0.3) is 10.2 Å². The van der Waals surface area contributed by atoms with Crippen molar-refractivity contribution in [2.75, 3.05) is 47.1 Å². The van der Waals surface area contributed by atoms with E-state index in [1.807, 2.05) is 0 Å². The zero-order chi connectivity index (χ0) is 16.4. The number of halogens is 1. The Bertz CT molecular complexity index is 383. The maximum absolute atomic E-state index is 12.6. The average molecular weight is 374 g/mol. The Morgan fingerprint density at radius 2 is 1.65 bits per heavy atom. The molecule has 1 aliphatic rings. The summed E-state index contributed by atoms with van der Waals surface area (Å²) in [6.45, 7) is 1.63. The lowest BCUT2D eigenvalue weighted by atomic mass is 9.84. The molecule has 0 aromatic rings. The molecule has 0 heterocycles. The van der Waals surface area contributed by atoms with Gasteiger partial charge in [-0.15, -0.1) is 12.4 Å². The number of methoxy groups -OCH3 is 2. The van der Waals surface area contributed by atoms with Gasteiger partial charge in [-0.2, -0.15) is 17.4 Å². The van der Waals surface area contributed by atoms with E-state index >= 15 is 0 Å². The molecular formula is C14H32ClN3O4S. The molecule has 9 heteroatoms. The zero-order valence-corrected chi connectivity index (χ0v) is 15.8. The SMILES string of the molecule is COCCN(CCOC)S(=O)(=O)NC(CN)C1CCCCC1.Cl. The molecular weight excluding hydrogens is 342 g/mol. The molecule has 0 amide bonds. The molecule has 0 aliphatic heterocycles. The highest BCUT2D eigenvalue weighted by Crippen LogP contribution is 2.26. The molecule has 140 valence electrons. The molecule has 7 nitrogen and oxygen atoms in total. The van der Waals surface area contributed by atoms with Crippen LogP contribution >= 0.6 is 12.4 Å². The molecule has 3 N–H and O–H groups in total. The van der Waals surface area contributed by atoms with E-state index < -0.39 is 10.2 Å². The van der Waals surface area contributed by atoms with Crippen molar-refractivity contribution >= 4 is 22.6 Å². The maximum Gasteiger partial charge on any atom is 0.279 e. The van der Waals surface area contributed by atoms with Gasteiger partial charge in [0, 0.05) is 39.9 Å². The average Bonchev–Trinajstić information content (AvgIpc) is 2.53. The zero-order valence-electron chi connectivity index (χ0n) is 14.2. The number of nitrogens with two attached hydrogens (primary N) is 1. The Morgan fingerprint density at radius 3 is 2.09 bits per heavy atom. The van der Waals surface area contributed by atoms with Crippen LogP contribution in [0, 0.1) is 5.92 Å². The summed E-state index contributed by atoms with van der Waals surface area (Å²) in [4.78, 5) is 0. The van der Waals surface area contributed by atoms with Crippen molar-refractivity contribution in [3.8, 4) is 0 Å². The van der Waals surface area contributed by atoms with Gasteiger partial charge in [-0.3, -0.25) is 0 Å². The Kier molecular flexibility index (Phi) is 12.4. The number of rotatable bonds is 11. The van der Waals surface area contributed by atoms with E-state index in [-0.39, 0.29) is 18.4 Å². The van der Waals surface area contributed by atoms with Gasteiger partial charge in [-0.25, -0.2) is 0 Å². The van der Waals surface area contributed by atoms with Gasteiger partial charge < -0.3 is 15.2 Å². The highest BCUT2D eigenvalue weighted by atomic mass is 35.5. The smallest absolute Gasteiger partial charge is 0.279 e. The van der Waals surface area contributed by atoms with Crippen molar-refractivity contribution in [1.29, 1.82) is 0 Å². The summed E-state index contributed by atoms with van der Waals surface area (Å²) in [6, 6.07) is -0.196. The van der Waals surface area contributed by atoms with Gasteiger partial charge >= 0.3 is 0 Å². The second kappa shape index (κ2) is 12.4. The van der Waals surface area contributed by atoms with E-state index in [1.54, 1.807) is 14.2 Å². The van der Waals surface area contributed by atoms with E-state index in [2.05, 4.69) is 4.72 Å². The lowest BCUT2D eigenvalue weighted by molar-refractivity contribution is 0.149. The summed E-state index contributed by atoms with van der Waals surface area (Å²) in [7, 11) is -0.475. The van der Waals surface area contributed by atoms with Crippen LogP contribution in [0.1, 0.15) is 32.1 Å². The molecule has 1 saturated carbocycles. The van der Waals surface area contributed by atoms with Crippen LogP contribution in [0.3, 0.4) is 0 Å². The lowest BCUT2D eigenvalue weighted by Crippen LogP contribution is -2.52. The van der Waals surface area contributed by atoms with Gasteiger partial charge in [-0.05, 0) is 18.8 Å². The van der Waals surface area contributed by atoms with Crippen molar-refractivity contribution in [3.63, 3.8) is 0 Å². The van der Waals surface area contributed by atoms with E-state index in [0.717, 1.165) is 25.7 Å². The molecule has 0 spiro atoms. The topological polar surface area (TPSA) is 93.9 Å². The number of ether oxygens (including phenoxy) is 2. The van der Waals surface area contributed by atoms with Gasteiger partial charge in [0.15, 0.2) is 0 Å². The summed E-state index contributed by atoms with van der Waals surface area (Å²) in [5.74, 6) is 0.334. The maximum atomic E-state index is 12.6. The third-order valence-electron chi connectivity index (χ3n) is 4.20. The quantitative estimate of drug-likeness (QED) is 0.557. The molecule has 0 bridgehead atoms. The van der Waals surface area contributed by atoms with Crippen LogP contribution in [0.4, 0.5) is 0 Å². The normalized spacial score (nSPS) is 17.9. The van der Waals surface area contributed by atoms with Crippen LogP contribution < -0.4 is 10.5 Å². The fourth-order valence-corrected chi connectivity index (χ4v) is 4.33. The van der Waals surface area contributed by atoms with Crippen LogP contribution in [0.25, 0.3) is 0 Å². The van der Waals surface area contributed by atoms with E-state index in [4.69, 9.17) is 15.2 Å². The van der Waals surface area contributed by atoms with Gasteiger partial charge in [0.2, 0.25) is 0 Å². The monoisotopic (exact) mass is 373 g/mol. The van der Waals surface area contributed by atoms with Crippen molar-refractivity contribution in [2.24, 2.45) is 11.7 Å². The Labute approximate surface area is 146 Å². The number of hydrogen-bond donors (Lipinski definition) is 2. The minimum absolute atomic E-state index is 0. The predicted octanol–water partition coefficient (Wildman–Crippen LogP) is 0.745. The van der Waals surface area contributed by atoms with Crippen molar-refractivity contribution in [2.45, 2.75) is 38.1 Å². The highest BCUT2D eigenvalue weighted by molar-refractivity contribution is 7.87. The molecule has 0 radical (unpaired) electrons. The standard InChI is InChI=1S/C14H31N3O4S.ClH/c1-20-10-8-17(9-11-21-2)22(18,19)16-14(12-15)13-6-4-3-5-7-13;/h13-14,16H,3-12,15H2,1-2H3;1H. The van der Waals surface area contributed by atoms with E-state index in [0.29, 0.717) is 38.8 Å². The lowest BCUT2D eigenvalue weighted by Gasteiger charge is -2.32. The van der Waals surface area contributed by atoms with E-state index in [9.17, 15) is 8.42 Å². The van der Waals surface area contributed by atoms with Gasteiger partial charge in [-0.1, -0.05) is 19.3 Å². The fourth-order valence-electron chi connectivity index (χ4n) is 2.88. The molecule has 1 atom stereocenters. The first-order chi connectivity index (χ1) is 10.5. The van der Waals surface area contributed by atoms with Crippen LogP contribution in [0.15, 0.2) is 0 Å². The molecule has 1 rings (SSSR count). The summed E-state index contributed by atoms with van der Waals surface area (Å²) in [5, 5.41) is 0. The van der Waals surface area contributed by atoms with Gasteiger partial charge in [0.05, 0.1) is 13.2 Å². The third kappa shape index (κ3) is 8.11. The molecule has 1 fully saturated rings. The molecule has 1 aliphatic carbocycles. The number of nitrogens with zero attached hydrogens (tertiary/aromatic N) is 1. The van der Waals surface area contributed by atoms with Crippen molar-refractivity contribution in [3.05, 3.63) is 0 Å². The second-order valence-electron chi connectivity index (χ2n) is 5.75. The fraction of sp³-hybridized carbons (Fsp3) is 1.00. The summed E-state index contributed by atoms with van der Waals surface area (Å²) >= 11 is 0. The predicted molar refractivity (Wildman–Crippen MR) is 94.0 cm³/mol. The van der Waals surface area contributed by atoms with Crippen LogP contribution in [0.5, 0.6) is 0 Å². The minimum Gasteiger partial charge on any atom is -0.383 e. The Morgan fingerprint density at radius 1 is 1.13 bits per heavy atom. The molecule has 1 unspecified atom stereocenters. The number of hydrogen-bond acceptors (Lipinski definition) is 5. The van der Waals surface area contributed by atoms with Crippen LogP contribution in [-0.2, 0) is 19.7 Å². The molecule has 0 saturated heterocycles. The summed E-state index contributed by atoms with van der Waals surface area (Å²) in [6.07, 6.45) is 5.62. The van der Waals surface area contributed by atoms with E-state index in [1.165, 1.54) is 10.7 Å². The van der Waals surface area contributed by atoms with Crippen LogP contribution in [0.2, 0.25) is 0 Å². The molecule has 0 aromatic carbocycles. The first-order valence-corrected chi connectivity index (χ1v) is 9.44. The largest absolute Gasteiger partial charge is 0.383 e. The summed E-state index contributed by atoms with van der Waals surface area (Å²) < 4.78 is 39.4. The number of nitrogens with one attached hydrogen (secondary N) is 1. The first-order valence-electron chi connectivity index (χ1n) is 8.00. The second-order valence-corrected chi connectivity index (χ2v) is 7.45. The first kappa shape index (κ1) is 23.0. The van der Waals surface area contributed by atoms with Crippen LogP contribution in [-0.4, -0.2) is 65.8 Å². The van der Waals surface area contributed by atoms with Crippen molar-refractivity contribution in [1.82, 2.24) is 9.03 Å². The molecule has 23 heavy (non-hydrogen) atoms. The van der Waals surface area contributed by atoms with Crippen molar-refractivity contribution < 1.29 is 17.9 Å².